The second kappa shape index (κ2) is 9.60. The molecule has 1 atom stereocenters. The molecule has 0 bridgehead atoms. The maximum atomic E-state index is 13.2. The normalized spacial score (nSPS) is 13.6. The molecule has 0 saturated heterocycles. The van der Waals surface area contributed by atoms with E-state index in [1.165, 1.54) is 0 Å². The van der Waals surface area contributed by atoms with Crippen LogP contribution in [0.15, 0.2) is 42.5 Å². The molecular formula is C24H29ClN2O4. The Labute approximate surface area is 188 Å². The van der Waals surface area contributed by atoms with Gasteiger partial charge in [0.25, 0.3) is 0 Å². The Morgan fingerprint density at radius 1 is 1.13 bits per heavy atom. The monoisotopic (exact) mass is 444 g/mol. The van der Waals surface area contributed by atoms with Crippen LogP contribution >= 0.6 is 11.6 Å². The summed E-state index contributed by atoms with van der Waals surface area (Å²) in [5.41, 5.74) is 1.38. The lowest BCUT2D eigenvalue weighted by atomic mass is 10.1. The summed E-state index contributed by atoms with van der Waals surface area (Å²) < 4.78 is 10.8. The van der Waals surface area contributed by atoms with Crippen LogP contribution in [0.4, 0.5) is 0 Å². The largest absolute Gasteiger partial charge is 0.454 e. The molecule has 0 spiro atoms. The number of carbonyl (C=O) groups excluding carboxylic acids is 2. The van der Waals surface area contributed by atoms with Crippen molar-refractivity contribution < 1.29 is 19.1 Å². The molecule has 0 radical (unpaired) electrons. The molecule has 1 heterocycles. The van der Waals surface area contributed by atoms with Crippen LogP contribution in [0.25, 0.3) is 0 Å². The van der Waals surface area contributed by atoms with Gasteiger partial charge in [0.2, 0.25) is 18.6 Å². The molecule has 1 N–H and O–H groups in total. The van der Waals surface area contributed by atoms with Crippen LogP contribution in [0.1, 0.15) is 45.2 Å². The highest BCUT2D eigenvalue weighted by molar-refractivity contribution is 6.31. The summed E-state index contributed by atoms with van der Waals surface area (Å²) in [5, 5.41) is 3.53. The molecule has 0 fully saturated rings. The smallest absolute Gasteiger partial charge is 0.242 e. The minimum Gasteiger partial charge on any atom is -0.454 e. The van der Waals surface area contributed by atoms with Crippen molar-refractivity contribution in [2.75, 3.05) is 6.79 Å². The molecule has 0 aliphatic carbocycles. The molecule has 2 aromatic carbocycles. The molecule has 0 saturated carbocycles. The topological polar surface area (TPSA) is 67.9 Å². The van der Waals surface area contributed by atoms with E-state index in [9.17, 15) is 9.59 Å². The lowest BCUT2D eigenvalue weighted by Crippen LogP contribution is -2.52. The van der Waals surface area contributed by atoms with E-state index in [2.05, 4.69) is 5.32 Å². The minimum absolute atomic E-state index is 0.117. The third kappa shape index (κ3) is 6.14. The molecule has 166 valence electrons. The number of aryl methyl sites for hydroxylation is 1. The number of carbonyl (C=O) groups is 2. The molecule has 0 unspecified atom stereocenters. The standard InChI is InChI=1S/C24H29ClN2O4/c1-16(23(29)26-24(2,3)4)27(14-18-7-5-6-8-19(18)25)22(28)12-10-17-9-11-20-21(13-17)31-15-30-20/h5-9,11,13,16H,10,12,14-15H2,1-4H3,(H,26,29)/t16-/m0/s1. The fourth-order valence-electron chi connectivity index (χ4n) is 3.36. The first-order valence-electron chi connectivity index (χ1n) is 10.4. The molecule has 1 aliphatic heterocycles. The minimum atomic E-state index is -0.639. The van der Waals surface area contributed by atoms with Crippen LogP contribution < -0.4 is 14.8 Å². The third-order valence-corrected chi connectivity index (χ3v) is 5.40. The first-order chi connectivity index (χ1) is 14.6. The van der Waals surface area contributed by atoms with Crippen molar-refractivity contribution in [1.29, 1.82) is 0 Å². The Balaban J connectivity index is 1.74. The fraction of sp³-hybridized carbons (Fsp3) is 0.417. The number of rotatable bonds is 7. The van der Waals surface area contributed by atoms with E-state index in [1.54, 1.807) is 17.9 Å². The summed E-state index contributed by atoms with van der Waals surface area (Å²) >= 11 is 6.33. The molecule has 2 aromatic rings. The number of amides is 2. The second-order valence-electron chi connectivity index (χ2n) is 8.72. The summed E-state index contributed by atoms with van der Waals surface area (Å²) in [7, 11) is 0. The van der Waals surface area contributed by atoms with Gasteiger partial charge >= 0.3 is 0 Å². The molecule has 3 rings (SSSR count). The number of hydrogen-bond donors (Lipinski definition) is 1. The zero-order valence-electron chi connectivity index (χ0n) is 18.4. The Morgan fingerprint density at radius 2 is 1.84 bits per heavy atom. The van der Waals surface area contributed by atoms with Crippen molar-refractivity contribution in [1.82, 2.24) is 10.2 Å². The molecule has 31 heavy (non-hydrogen) atoms. The highest BCUT2D eigenvalue weighted by Crippen LogP contribution is 2.33. The van der Waals surface area contributed by atoms with Crippen molar-refractivity contribution in [3.05, 3.63) is 58.6 Å². The molecule has 7 heteroatoms. The molecule has 6 nitrogen and oxygen atoms in total. The Kier molecular flexibility index (Phi) is 7.11. The van der Waals surface area contributed by atoms with Gasteiger partial charge < -0.3 is 19.7 Å². The molecule has 2 amide bonds. The zero-order valence-corrected chi connectivity index (χ0v) is 19.2. The Bertz CT molecular complexity index is 955. The first-order valence-corrected chi connectivity index (χ1v) is 10.8. The number of benzene rings is 2. The summed E-state index contributed by atoms with van der Waals surface area (Å²) in [4.78, 5) is 27.6. The zero-order chi connectivity index (χ0) is 22.6. The van der Waals surface area contributed by atoms with Gasteiger partial charge in [0.1, 0.15) is 6.04 Å². The molecule has 0 aromatic heterocycles. The first kappa shape index (κ1) is 22.9. The van der Waals surface area contributed by atoms with Gasteiger partial charge in [0.15, 0.2) is 11.5 Å². The quantitative estimate of drug-likeness (QED) is 0.690. The van der Waals surface area contributed by atoms with E-state index in [0.717, 1.165) is 11.1 Å². The van der Waals surface area contributed by atoms with Crippen molar-refractivity contribution >= 4 is 23.4 Å². The summed E-state index contributed by atoms with van der Waals surface area (Å²) in [6, 6.07) is 12.4. The van der Waals surface area contributed by atoms with Gasteiger partial charge in [0, 0.05) is 23.5 Å². The number of nitrogens with one attached hydrogen (secondary N) is 1. The lowest BCUT2D eigenvalue weighted by molar-refractivity contribution is -0.141. The molecule has 1 aliphatic rings. The Morgan fingerprint density at radius 3 is 2.55 bits per heavy atom. The Hall–Kier alpha value is -2.73. The maximum absolute atomic E-state index is 13.2. The number of nitrogens with zero attached hydrogens (tertiary/aromatic N) is 1. The average Bonchev–Trinajstić information content (AvgIpc) is 3.17. The van der Waals surface area contributed by atoms with Crippen LogP contribution in [0.5, 0.6) is 11.5 Å². The summed E-state index contributed by atoms with van der Waals surface area (Å²) in [5.74, 6) is 1.09. The SMILES string of the molecule is C[C@@H](C(=O)NC(C)(C)C)N(Cc1ccccc1Cl)C(=O)CCc1ccc2c(c1)OCO2. The number of hydrogen-bond acceptors (Lipinski definition) is 4. The van der Waals surface area contributed by atoms with Crippen molar-refractivity contribution in [3.63, 3.8) is 0 Å². The average molecular weight is 445 g/mol. The van der Waals surface area contributed by atoms with Gasteiger partial charge in [-0.2, -0.15) is 0 Å². The summed E-state index contributed by atoms with van der Waals surface area (Å²) in [6.07, 6.45) is 0.791. The van der Waals surface area contributed by atoms with Gasteiger partial charge in [-0.3, -0.25) is 9.59 Å². The van der Waals surface area contributed by atoms with Gasteiger partial charge in [-0.05, 0) is 63.4 Å². The van der Waals surface area contributed by atoms with E-state index in [4.69, 9.17) is 21.1 Å². The van der Waals surface area contributed by atoms with E-state index >= 15 is 0 Å². The lowest BCUT2D eigenvalue weighted by Gasteiger charge is -2.31. The van der Waals surface area contributed by atoms with E-state index in [-0.39, 0.29) is 31.6 Å². The van der Waals surface area contributed by atoms with Crippen LogP contribution in [-0.4, -0.2) is 35.1 Å². The van der Waals surface area contributed by atoms with E-state index in [0.29, 0.717) is 22.9 Å². The maximum Gasteiger partial charge on any atom is 0.242 e. The predicted octanol–water partition coefficient (Wildman–Crippen LogP) is 4.33. The van der Waals surface area contributed by atoms with Crippen LogP contribution in [0.3, 0.4) is 0 Å². The number of ether oxygens (including phenoxy) is 2. The third-order valence-electron chi connectivity index (χ3n) is 5.03. The van der Waals surface area contributed by atoms with Gasteiger partial charge in [-0.15, -0.1) is 0 Å². The van der Waals surface area contributed by atoms with Gasteiger partial charge in [-0.25, -0.2) is 0 Å². The molecular weight excluding hydrogens is 416 g/mol. The highest BCUT2D eigenvalue weighted by Gasteiger charge is 2.28. The predicted molar refractivity (Wildman–Crippen MR) is 120 cm³/mol. The van der Waals surface area contributed by atoms with E-state index < -0.39 is 11.6 Å². The number of fused-ring (bicyclic) bond motifs is 1. The summed E-state index contributed by atoms with van der Waals surface area (Å²) in [6.45, 7) is 7.96. The highest BCUT2D eigenvalue weighted by atomic mass is 35.5. The van der Waals surface area contributed by atoms with Crippen LogP contribution in [0, 0.1) is 0 Å². The van der Waals surface area contributed by atoms with Gasteiger partial charge in [-0.1, -0.05) is 35.9 Å². The fourth-order valence-corrected chi connectivity index (χ4v) is 3.55. The van der Waals surface area contributed by atoms with Gasteiger partial charge in [0.05, 0.1) is 0 Å². The van der Waals surface area contributed by atoms with Crippen molar-refractivity contribution in [3.8, 4) is 11.5 Å². The van der Waals surface area contributed by atoms with Crippen LogP contribution in [-0.2, 0) is 22.6 Å². The van der Waals surface area contributed by atoms with Crippen molar-refractivity contribution in [2.24, 2.45) is 0 Å². The number of halogens is 1. The van der Waals surface area contributed by atoms with Crippen molar-refractivity contribution in [2.45, 2.75) is 58.7 Å². The van der Waals surface area contributed by atoms with Crippen LogP contribution in [0.2, 0.25) is 5.02 Å². The van der Waals surface area contributed by atoms with E-state index in [1.807, 2.05) is 57.2 Å². The second-order valence-corrected chi connectivity index (χ2v) is 9.12.